The summed E-state index contributed by atoms with van der Waals surface area (Å²) in [5, 5.41) is 9.57. The van der Waals surface area contributed by atoms with Crippen molar-refractivity contribution in [1.82, 2.24) is 9.80 Å². The molecule has 0 aromatic carbocycles. The monoisotopic (exact) mass is 226 g/mol. The van der Waals surface area contributed by atoms with Gasteiger partial charge in [-0.15, -0.1) is 0 Å². The van der Waals surface area contributed by atoms with Crippen LogP contribution in [0, 0.1) is 5.41 Å². The quantitative estimate of drug-likeness (QED) is 0.776. The minimum absolute atomic E-state index is 0.0191. The third-order valence-corrected chi connectivity index (χ3v) is 4.73. The van der Waals surface area contributed by atoms with Gasteiger partial charge in [0.15, 0.2) is 0 Å². The average Bonchev–Trinajstić information content (AvgIpc) is 2.97. The molecule has 0 aromatic rings. The molecule has 16 heavy (non-hydrogen) atoms. The van der Waals surface area contributed by atoms with Gasteiger partial charge >= 0.3 is 5.97 Å². The van der Waals surface area contributed by atoms with Crippen LogP contribution in [0.25, 0.3) is 0 Å². The highest BCUT2D eigenvalue weighted by molar-refractivity contribution is 5.80. The lowest BCUT2D eigenvalue weighted by atomic mass is 9.81. The summed E-state index contributed by atoms with van der Waals surface area (Å²) >= 11 is 0. The molecule has 2 rings (SSSR count). The Morgan fingerprint density at radius 1 is 1.25 bits per heavy atom. The molecule has 0 radical (unpaired) electrons. The Hall–Kier alpha value is -0.610. The standard InChI is InChI=1S/C12H22N2O2/c1-11(4-5-11)12(2,10(15)16)14-8-6-13(3)7-9-14/h4-9H2,1-3H3,(H,15,16). The molecule has 1 unspecified atom stereocenters. The molecule has 0 aromatic heterocycles. The average molecular weight is 226 g/mol. The Morgan fingerprint density at radius 2 is 1.75 bits per heavy atom. The molecule has 4 heteroatoms. The molecule has 1 saturated heterocycles. The first kappa shape index (κ1) is 11.9. The Kier molecular flexibility index (Phi) is 2.75. The van der Waals surface area contributed by atoms with E-state index in [4.69, 9.17) is 0 Å². The van der Waals surface area contributed by atoms with Crippen molar-refractivity contribution in [3.63, 3.8) is 0 Å². The fourth-order valence-corrected chi connectivity index (χ4v) is 2.70. The van der Waals surface area contributed by atoms with Gasteiger partial charge in [0.1, 0.15) is 5.54 Å². The number of hydrogen-bond donors (Lipinski definition) is 1. The van der Waals surface area contributed by atoms with Crippen molar-refractivity contribution in [2.45, 2.75) is 32.2 Å². The Balaban J connectivity index is 2.17. The lowest BCUT2D eigenvalue weighted by Crippen LogP contribution is -2.62. The van der Waals surface area contributed by atoms with E-state index in [1.807, 2.05) is 6.92 Å². The van der Waals surface area contributed by atoms with E-state index in [1.54, 1.807) is 0 Å². The van der Waals surface area contributed by atoms with Gasteiger partial charge < -0.3 is 10.0 Å². The molecule has 0 bridgehead atoms. The first-order chi connectivity index (χ1) is 7.40. The summed E-state index contributed by atoms with van der Waals surface area (Å²) < 4.78 is 0. The highest BCUT2D eigenvalue weighted by Crippen LogP contribution is 2.56. The fraction of sp³-hybridized carbons (Fsp3) is 0.917. The van der Waals surface area contributed by atoms with Crippen molar-refractivity contribution in [1.29, 1.82) is 0 Å². The molecule has 1 saturated carbocycles. The van der Waals surface area contributed by atoms with Crippen LogP contribution < -0.4 is 0 Å². The van der Waals surface area contributed by atoms with Gasteiger partial charge in [-0.05, 0) is 32.2 Å². The molecule has 1 aliphatic carbocycles. The zero-order valence-corrected chi connectivity index (χ0v) is 10.5. The van der Waals surface area contributed by atoms with Crippen molar-refractivity contribution >= 4 is 5.97 Å². The van der Waals surface area contributed by atoms with E-state index >= 15 is 0 Å². The first-order valence-electron chi connectivity index (χ1n) is 6.07. The summed E-state index contributed by atoms with van der Waals surface area (Å²) in [5.74, 6) is -0.656. The van der Waals surface area contributed by atoms with E-state index < -0.39 is 11.5 Å². The predicted molar refractivity (Wildman–Crippen MR) is 62.5 cm³/mol. The summed E-state index contributed by atoms with van der Waals surface area (Å²) in [6.45, 7) is 7.70. The minimum Gasteiger partial charge on any atom is -0.480 e. The fourth-order valence-electron chi connectivity index (χ4n) is 2.70. The Bertz CT molecular complexity index is 293. The van der Waals surface area contributed by atoms with Crippen LogP contribution in [0.1, 0.15) is 26.7 Å². The highest BCUT2D eigenvalue weighted by atomic mass is 16.4. The third-order valence-electron chi connectivity index (χ3n) is 4.73. The summed E-state index contributed by atoms with van der Waals surface area (Å²) in [5.41, 5.74) is -0.691. The smallest absolute Gasteiger partial charge is 0.324 e. The largest absolute Gasteiger partial charge is 0.480 e. The molecule has 92 valence electrons. The van der Waals surface area contributed by atoms with Crippen LogP contribution in [0.15, 0.2) is 0 Å². The zero-order chi connectivity index (χ0) is 12.0. The number of carbonyl (C=O) groups is 1. The number of carboxylic acid groups (broad SMARTS) is 1. The maximum absolute atomic E-state index is 11.6. The maximum Gasteiger partial charge on any atom is 0.324 e. The second-order valence-electron chi connectivity index (χ2n) is 5.73. The topological polar surface area (TPSA) is 43.8 Å². The number of likely N-dealkylation sites (N-methyl/N-ethyl adjacent to an activating group) is 1. The van der Waals surface area contributed by atoms with Gasteiger partial charge in [0, 0.05) is 26.2 Å². The SMILES string of the molecule is CN1CCN(C(C)(C(=O)O)C2(C)CC2)CC1. The van der Waals surface area contributed by atoms with Crippen molar-refractivity contribution in [3.05, 3.63) is 0 Å². The van der Waals surface area contributed by atoms with Crippen LogP contribution >= 0.6 is 0 Å². The molecule has 1 atom stereocenters. The van der Waals surface area contributed by atoms with Gasteiger partial charge in [0.2, 0.25) is 0 Å². The molecule has 1 heterocycles. The van der Waals surface area contributed by atoms with Crippen LogP contribution in [-0.4, -0.2) is 59.6 Å². The van der Waals surface area contributed by atoms with E-state index in [-0.39, 0.29) is 5.41 Å². The highest BCUT2D eigenvalue weighted by Gasteiger charge is 2.60. The molecule has 4 nitrogen and oxygen atoms in total. The molecule has 2 aliphatic rings. The second-order valence-corrected chi connectivity index (χ2v) is 5.73. The Labute approximate surface area is 97.2 Å². The summed E-state index contributed by atoms with van der Waals surface area (Å²) in [4.78, 5) is 16.1. The molecule has 0 amide bonds. The number of hydrogen-bond acceptors (Lipinski definition) is 3. The van der Waals surface area contributed by atoms with Gasteiger partial charge in [0.25, 0.3) is 0 Å². The molecule has 0 spiro atoms. The summed E-state index contributed by atoms with van der Waals surface area (Å²) in [6.07, 6.45) is 2.09. The van der Waals surface area contributed by atoms with Crippen molar-refractivity contribution in [3.8, 4) is 0 Å². The van der Waals surface area contributed by atoms with Crippen LogP contribution in [0.2, 0.25) is 0 Å². The van der Waals surface area contributed by atoms with E-state index in [0.29, 0.717) is 0 Å². The van der Waals surface area contributed by atoms with Crippen molar-refractivity contribution in [2.24, 2.45) is 5.41 Å². The minimum atomic E-state index is -0.672. The number of aliphatic carboxylic acids is 1. The number of carboxylic acids is 1. The number of nitrogens with zero attached hydrogens (tertiary/aromatic N) is 2. The van der Waals surface area contributed by atoms with Crippen molar-refractivity contribution in [2.75, 3.05) is 33.2 Å². The molecule has 1 aliphatic heterocycles. The van der Waals surface area contributed by atoms with Crippen molar-refractivity contribution < 1.29 is 9.90 Å². The van der Waals surface area contributed by atoms with Gasteiger partial charge in [-0.1, -0.05) is 6.92 Å². The van der Waals surface area contributed by atoms with E-state index in [9.17, 15) is 9.90 Å². The predicted octanol–water partition coefficient (Wildman–Crippen LogP) is 0.877. The van der Waals surface area contributed by atoms with Gasteiger partial charge in [0.05, 0.1) is 0 Å². The number of piperazine rings is 1. The Morgan fingerprint density at radius 3 is 2.12 bits per heavy atom. The zero-order valence-electron chi connectivity index (χ0n) is 10.5. The normalized spacial score (nSPS) is 29.7. The number of rotatable bonds is 3. The van der Waals surface area contributed by atoms with Gasteiger partial charge in [-0.3, -0.25) is 9.69 Å². The van der Waals surface area contributed by atoms with E-state index in [2.05, 4.69) is 23.8 Å². The van der Waals surface area contributed by atoms with Crippen LogP contribution in [-0.2, 0) is 4.79 Å². The third kappa shape index (κ3) is 1.64. The second kappa shape index (κ2) is 3.70. The maximum atomic E-state index is 11.6. The van der Waals surface area contributed by atoms with E-state index in [1.165, 1.54) is 0 Å². The molecule has 1 N–H and O–H groups in total. The van der Waals surface area contributed by atoms with Crippen LogP contribution in [0.4, 0.5) is 0 Å². The first-order valence-corrected chi connectivity index (χ1v) is 6.07. The van der Waals surface area contributed by atoms with Gasteiger partial charge in [-0.25, -0.2) is 0 Å². The summed E-state index contributed by atoms with van der Waals surface area (Å²) in [7, 11) is 2.09. The molecular weight excluding hydrogens is 204 g/mol. The van der Waals surface area contributed by atoms with Crippen LogP contribution in [0.5, 0.6) is 0 Å². The van der Waals surface area contributed by atoms with Gasteiger partial charge in [-0.2, -0.15) is 0 Å². The lowest BCUT2D eigenvalue weighted by molar-refractivity contribution is -0.157. The molecule has 2 fully saturated rings. The lowest BCUT2D eigenvalue weighted by Gasteiger charge is -2.46. The van der Waals surface area contributed by atoms with Crippen LogP contribution in [0.3, 0.4) is 0 Å². The summed E-state index contributed by atoms with van der Waals surface area (Å²) in [6, 6.07) is 0. The molecular formula is C12H22N2O2. The van der Waals surface area contributed by atoms with E-state index in [0.717, 1.165) is 39.0 Å².